The molecule has 1 aromatic carbocycles. The van der Waals surface area contributed by atoms with Gasteiger partial charge in [-0.1, -0.05) is 38.1 Å². The Balaban J connectivity index is 1.83. The van der Waals surface area contributed by atoms with Gasteiger partial charge in [0.25, 0.3) is 0 Å². The molecule has 0 bridgehead atoms. The van der Waals surface area contributed by atoms with Crippen molar-refractivity contribution in [1.29, 1.82) is 0 Å². The minimum Gasteiger partial charge on any atom is -0.352 e. The van der Waals surface area contributed by atoms with Gasteiger partial charge in [-0.15, -0.1) is 0 Å². The van der Waals surface area contributed by atoms with Crippen LogP contribution in [-0.2, 0) is 16.1 Å². The van der Waals surface area contributed by atoms with Crippen molar-refractivity contribution in [3.8, 4) is 0 Å². The van der Waals surface area contributed by atoms with Gasteiger partial charge in [0.1, 0.15) is 0 Å². The van der Waals surface area contributed by atoms with Crippen molar-refractivity contribution in [3.63, 3.8) is 0 Å². The summed E-state index contributed by atoms with van der Waals surface area (Å²) in [7, 11) is 0. The van der Waals surface area contributed by atoms with Crippen LogP contribution in [0.2, 0.25) is 0 Å². The zero-order chi connectivity index (χ0) is 16.7. The molecule has 0 saturated carbocycles. The number of hydrogen-bond acceptors (Lipinski definition) is 2. The Morgan fingerprint density at radius 1 is 1.35 bits per heavy atom. The van der Waals surface area contributed by atoms with E-state index in [9.17, 15) is 9.59 Å². The molecule has 0 fully saturated rings. The van der Waals surface area contributed by atoms with E-state index in [0.717, 1.165) is 30.5 Å². The molecular formula is C19H26N2O2. The molecule has 23 heavy (non-hydrogen) atoms. The zero-order valence-electron chi connectivity index (χ0n) is 14.0. The minimum atomic E-state index is -0.00201. The number of anilines is 1. The second-order valence-corrected chi connectivity index (χ2v) is 6.25. The van der Waals surface area contributed by atoms with Gasteiger partial charge in [0.05, 0.1) is 0 Å². The number of carbonyl (C=O) groups excluding carboxylic acids is 2. The third kappa shape index (κ3) is 5.55. The predicted octanol–water partition coefficient (Wildman–Crippen LogP) is 3.64. The van der Waals surface area contributed by atoms with E-state index < -0.39 is 0 Å². The first-order valence-corrected chi connectivity index (χ1v) is 8.41. The highest BCUT2D eigenvalue weighted by molar-refractivity contribution is 5.92. The fourth-order valence-corrected chi connectivity index (χ4v) is 2.59. The van der Waals surface area contributed by atoms with Crippen LogP contribution in [0.3, 0.4) is 0 Å². The number of carbonyl (C=O) groups is 2. The van der Waals surface area contributed by atoms with Gasteiger partial charge in [-0.2, -0.15) is 0 Å². The van der Waals surface area contributed by atoms with Gasteiger partial charge in [-0.25, -0.2) is 0 Å². The van der Waals surface area contributed by atoms with Gasteiger partial charge in [0.2, 0.25) is 11.8 Å². The SMILES string of the molecule is CC[C@@H](C)C(=O)Nc1cccc(CNC(=O)C[C@@H]2C=CCC2)c1. The quantitative estimate of drug-likeness (QED) is 0.755. The van der Waals surface area contributed by atoms with E-state index in [1.807, 2.05) is 38.1 Å². The second-order valence-electron chi connectivity index (χ2n) is 6.25. The van der Waals surface area contributed by atoms with Crippen molar-refractivity contribution in [2.75, 3.05) is 5.32 Å². The molecule has 0 aromatic heterocycles. The highest BCUT2D eigenvalue weighted by Gasteiger charge is 2.14. The lowest BCUT2D eigenvalue weighted by molar-refractivity contribution is -0.122. The fraction of sp³-hybridized carbons (Fsp3) is 0.474. The van der Waals surface area contributed by atoms with Crippen LogP contribution in [0.15, 0.2) is 36.4 Å². The van der Waals surface area contributed by atoms with Crippen molar-refractivity contribution < 1.29 is 9.59 Å². The van der Waals surface area contributed by atoms with Crippen LogP contribution in [0.25, 0.3) is 0 Å². The zero-order valence-corrected chi connectivity index (χ0v) is 14.0. The monoisotopic (exact) mass is 314 g/mol. The number of nitrogens with one attached hydrogen (secondary N) is 2. The molecule has 2 atom stereocenters. The van der Waals surface area contributed by atoms with Gasteiger partial charge in [-0.05, 0) is 42.9 Å². The van der Waals surface area contributed by atoms with E-state index in [1.54, 1.807) is 0 Å². The van der Waals surface area contributed by atoms with Gasteiger partial charge in [0.15, 0.2) is 0 Å². The molecule has 1 aliphatic carbocycles. The summed E-state index contributed by atoms with van der Waals surface area (Å²) in [5.74, 6) is 0.492. The maximum atomic E-state index is 11.9. The smallest absolute Gasteiger partial charge is 0.227 e. The molecule has 2 N–H and O–H groups in total. The Kier molecular flexibility index (Phi) is 6.39. The lowest BCUT2D eigenvalue weighted by Crippen LogP contribution is -2.24. The largest absolute Gasteiger partial charge is 0.352 e. The molecule has 2 rings (SSSR count). The Hall–Kier alpha value is -2.10. The summed E-state index contributed by atoms with van der Waals surface area (Å²) >= 11 is 0. The van der Waals surface area contributed by atoms with E-state index in [-0.39, 0.29) is 17.7 Å². The van der Waals surface area contributed by atoms with E-state index in [2.05, 4.69) is 22.8 Å². The molecule has 0 saturated heterocycles. The van der Waals surface area contributed by atoms with Crippen molar-refractivity contribution in [2.45, 2.75) is 46.1 Å². The molecule has 0 spiro atoms. The fourth-order valence-electron chi connectivity index (χ4n) is 2.59. The molecule has 0 heterocycles. The summed E-state index contributed by atoms with van der Waals surface area (Å²) in [6, 6.07) is 7.63. The third-order valence-electron chi connectivity index (χ3n) is 4.30. The lowest BCUT2D eigenvalue weighted by atomic mass is 10.0. The summed E-state index contributed by atoms with van der Waals surface area (Å²) in [6.45, 7) is 4.40. The topological polar surface area (TPSA) is 58.2 Å². The van der Waals surface area contributed by atoms with Crippen LogP contribution < -0.4 is 10.6 Å². The Morgan fingerprint density at radius 3 is 2.87 bits per heavy atom. The van der Waals surface area contributed by atoms with Gasteiger partial charge in [-0.3, -0.25) is 9.59 Å². The average Bonchev–Trinajstić information content (AvgIpc) is 3.05. The van der Waals surface area contributed by atoms with Crippen molar-refractivity contribution in [2.24, 2.45) is 11.8 Å². The summed E-state index contributed by atoms with van der Waals surface area (Å²) in [4.78, 5) is 23.9. The van der Waals surface area contributed by atoms with Crippen LogP contribution in [-0.4, -0.2) is 11.8 Å². The van der Waals surface area contributed by atoms with Crippen molar-refractivity contribution in [1.82, 2.24) is 5.32 Å². The van der Waals surface area contributed by atoms with Gasteiger partial charge >= 0.3 is 0 Å². The summed E-state index contributed by atoms with van der Waals surface area (Å²) in [5.41, 5.74) is 1.77. The normalized spacial score (nSPS) is 17.7. The van der Waals surface area contributed by atoms with E-state index in [4.69, 9.17) is 0 Å². The standard InChI is InChI=1S/C19H26N2O2/c1-3-14(2)19(23)21-17-10-6-9-16(11-17)13-20-18(22)12-15-7-4-5-8-15/h4,6-7,9-11,14-15H,3,5,8,12-13H2,1-2H3,(H,20,22)(H,21,23)/t14-,15-/m1/s1. The predicted molar refractivity (Wildman–Crippen MR) is 92.9 cm³/mol. The lowest BCUT2D eigenvalue weighted by Gasteiger charge is -2.12. The highest BCUT2D eigenvalue weighted by atomic mass is 16.2. The first-order chi connectivity index (χ1) is 11.1. The van der Waals surface area contributed by atoms with Crippen molar-refractivity contribution in [3.05, 3.63) is 42.0 Å². The first kappa shape index (κ1) is 17.3. The van der Waals surface area contributed by atoms with Gasteiger partial charge in [0, 0.05) is 24.6 Å². The summed E-state index contributed by atoms with van der Waals surface area (Å²) in [6.07, 6.45) is 7.80. The summed E-state index contributed by atoms with van der Waals surface area (Å²) in [5, 5.41) is 5.87. The Bertz CT molecular complexity index is 580. The number of allylic oxidation sites excluding steroid dienone is 2. The second kappa shape index (κ2) is 8.51. The van der Waals surface area contributed by atoms with Crippen LogP contribution >= 0.6 is 0 Å². The van der Waals surface area contributed by atoms with Crippen LogP contribution in [0.5, 0.6) is 0 Å². The van der Waals surface area contributed by atoms with Crippen LogP contribution in [0.4, 0.5) is 5.69 Å². The molecule has 0 unspecified atom stereocenters. The first-order valence-electron chi connectivity index (χ1n) is 8.41. The maximum Gasteiger partial charge on any atom is 0.227 e. The molecule has 0 aliphatic heterocycles. The summed E-state index contributed by atoms with van der Waals surface area (Å²) < 4.78 is 0. The minimum absolute atomic E-state index is 0.00201. The molecule has 4 heteroatoms. The molecule has 2 amide bonds. The number of rotatable bonds is 7. The molecule has 1 aliphatic rings. The molecule has 4 nitrogen and oxygen atoms in total. The maximum absolute atomic E-state index is 11.9. The van der Waals surface area contributed by atoms with E-state index in [1.165, 1.54) is 0 Å². The third-order valence-corrected chi connectivity index (χ3v) is 4.30. The number of hydrogen-bond donors (Lipinski definition) is 2. The molecule has 124 valence electrons. The number of benzene rings is 1. The van der Waals surface area contributed by atoms with Crippen molar-refractivity contribution >= 4 is 17.5 Å². The molecule has 1 aromatic rings. The molecule has 0 radical (unpaired) electrons. The van der Waals surface area contributed by atoms with E-state index >= 15 is 0 Å². The number of amides is 2. The highest BCUT2D eigenvalue weighted by Crippen LogP contribution is 2.20. The Labute approximate surface area is 138 Å². The van der Waals surface area contributed by atoms with Gasteiger partial charge < -0.3 is 10.6 Å². The average molecular weight is 314 g/mol. The van der Waals surface area contributed by atoms with Crippen LogP contribution in [0, 0.1) is 11.8 Å². The van der Waals surface area contributed by atoms with Crippen LogP contribution in [0.1, 0.15) is 45.1 Å². The Morgan fingerprint density at radius 2 is 2.17 bits per heavy atom. The van der Waals surface area contributed by atoms with E-state index in [0.29, 0.717) is 18.9 Å². The molecular weight excluding hydrogens is 288 g/mol.